The van der Waals surface area contributed by atoms with Crippen molar-refractivity contribution in [2.45, 2.75) is 18.9 Å². The van der Waals surface area contributed by atoms with Crippen molar-refractivity contribution < 1.29 is 9.53 Å². The van der Waals surface area contributed by atoms with Crippen LogP contribution < -0.4 is 10.6 Å². The quantitative estimate of drug-likeness (QED) is 0.839. The molecular formula is C13H15ClN2O2S. The Balaban J connectivity index is 1.81. The molecule has 0 saturated carbocycles. The van der Waals surface area contributed by atoms with Gasteiger partial charge in [-0.3, -0.25) is 10.1 Å². The number of ether oxygens (including phenoxy) is 1. The maximum Gasteiger partial charge on any atom is 0.258 e. The second-order valence-corrected chi connectivity index (χ2v) is 5.09. The molecule has 1 aromatic rings. The van der Waals surface area contributed by atoms with Gasteiger partial charge in [-0.25, -0.2) is 0 Å². The van der Waals surface area contributed by atoms with Gasteiger partial charge in [0.2, 0.25) is 0 Å². The Hall–Kier alpha value is -1.17. The molecule has 1 atom stereocenters. The molecule has 102 valence electrons. The maximum absolute atomic E-state index is 11.9. The molecule has 6 heteroatoms. The zero-order valence-electron chi connectivity index (χ0n) is 10.3. The number of amides is 1. The highest BCUT2D eigenvalue weighted by molar-refractivity contribution is 7.80. The van der Waals surface area contributed by atoms with Crippen molar-refractivity contribution in [1.82, 2.24) is 10.6 Å². The lowest BCUT2D eigenvalue weighted by Gasteiger charge is -2.13. The standard InChI is InChI=1S/C13H15ClN2O2S/c14-11-6-2-1-5-10(11)12(17)16-13(19)15-8-9-4-3-7-18-9/h1-2,5-6,9H,3-4,7-8H2,(H2,15,16,17,19). The number of halogens is 1. The summed E-state index contributed by atoms with van der Waals surface area (Å²) in [4.78, 5) is 11.9. The van der Waals surface area contributed by atoms with Crippen LogP contribution in [0.15, 0.2) is 24.3 Å². The average molecular weight is 299 g/mol. The molecule has 1 aromatic carbocycles. The first-order chi connectivity index (χ1) is 9.16. The third-order valence-corrected chi connectivity index (χ3v) is 3.44. The number of hydrogen-bond donors (Lipinski definition) is 2. The summed E-state index contributed by atoms with van der Waals surface area (Å²) in [6.45, 7) is 1.41. The van der Waals surface area contributed by atoms with Crippen LogP contribution in [0.25, 0.3) is 0 Å². The molecule has 1 fully saturated rings. The molecule has 4 nitrogen and oxygen atoms in total. The Kier molecular flexibility index (Phi) is 5.13. The molecule has 19 heavy (non-hydrogen) atoms. The monoisotopic (exact) mass is 298 g/mol. The Morgan fingerprint density at radius 2 is 2.26 bits per heavy atom. The first-order valence-corrected chi connectivity index (χ1v) is 6.91. The van der Waals surface area contributed by atoms with E-state index < -0.39 is 0 Å². The van der Waals surface area contributed by atoms with Gasteiger partial charge in [-0.05, 0) is 37.2 Å². The van der Waals surface area contributed by atoms with Crippen molar-refractivity contribution >= 4 is 34.8 Å². The summed E-state index contributed by atoms with van der Waals surface area (Å²) in [5.41, 5.74) is 0.408. The van der Waals surface area contributed by atoms with Crippen molar-refractivity contribution in [3.8, 4) is 0 Å². The smallest absolute Gasteiger partial charge is 0.258 e. The van der Waals surface area contributed by atoms with Crippen LogP contribution in [0.3, 0.4) is 0 Å². The van der Waals surface area contributed by atoms with E-state index in [1.807, 2.05) is 0 Å². The van der Waals surface area contributed by atoms with E-state index >= 15 is 0 Å². The molecule has 1 saturated heterocycles. The number of thiocarbonyl (C=S) groups is 1. The van der Waals surface area contributed by atoms with Crippen LogP contribution in [0.4, 0.5) is 0 Å². The van der Waals surface area contributed by atoms with Crippen molar-refractivity contribution in [1.29, 1.82) is 0 Å². The predicted molar refractivity (Wildman–Crippen MR) is 78.5 cm³/mol. The molecule has 1 heterocycles. The van der Waals surface area contributed by atoms with Crippen molar-refractivity contribution in [2.24, 2.45) is 0 Å². The first kappa shape index (κ1) is 14.2. The highest BCUT2D eigenvalue weighted by atomic mass is 35.5. The molecule has 2 N–H and O–H groups in total. The van der Waals surface area contributed by atoms with Crippen LogP contribution in [0, 0.1) is 0 Å². The predicted octanol–water partition coefficient (Wildman–Crippen LogP) is 2.12. The third-order valence-electron chi connectivity index (χ3n) is 2.86. The van der Waals surface area contributed by atoms with Gasteiger partial charge in [0.1, 0.15) is 0 Å². The SMILES string of the molecule is O=C(NC(=S)NCC1CCCO1)c1ccccc1Cl. The van der Waals surface area contributed by atoms with Gasteiger partial charge >= 0.3 is 0 Å². The van der Waals surface area contributed by atoms with Gasteiger partial charge in [-0.15, -0.1) is 0 Å². The van der Waals surface area contributed by atoms with Gasteiger partial charge in [0.15, 0.2) is 5.11 Å². The number of hydrogen-bond acceptors (Lipinski definition) is 3. The molecule has 0 radical (unpaired) electrons. The van der Waals surface area contributed by atoms with Crippen molar-refractivity contribution in [3.05, 3.63) is 34.9 Å². The fourth-order valence-electron chi connectivity index (χ4n) is 1.87. The summed E-state index contributed by atoms with van der Waals surface area (Å²) in [6, 6.07) is 6.84. The molecule has 0 spiro atoms. The lowest BCUT2D eigenvalue weighted by Crippen LogP contribution is -2.42. The molecule has 1 aliphatic rings. The largest absolute Gasteiger partial charge is 0.376 e. The van der Waals surface area contributed by atoms with Gasteiger partial charge in [0.05, 0.1) is 16.7 Å². The summed E-state index contributed by atoms with van der Waals surface area (Å²) in [6.07, 6.45) is 2.27. The number of carbonyl (C=O) groups is 1. The van der Waals surface area contributed by atoms with Gasteiger partial charge in [-0.2, -0.15) is 0 Å². The van der Waals surface area contributed by atoms with Gasteiger partial charge < -0.3 is 10.1 Å². The normalized spacial score (nSPS) is 18.1. The molecule has 1 amide bonds. The van der Waals surface area contributed by atoms with E-state index in [0.29, 0.717) is 22.2 Å². The molecule has 1 aliphatic heterocycles. The number of carbonyl (C=O) groups excluding carboxylic acids is 1. The fraction of sp³-hybridized carbons (Fsp3) is 0.385. The Morgan fingerprint density at radius 3 is 2.95 bits per heavy atom. The highest BCUT2D eigenvalue weighted by Crippen LogP contribution is 2.14. The summed E-state index contributed by atoms with van der Waals surface area (Å²) < 4.78 is 5.46. The van der Waals surface area contributed by atoms with Crippen LogP contribution in [-0.2, 0) is 4.74 Å². The van der Waals surface area contributed by atoms with Crippen LogP contribution >= 0.6 is 23.8 Å². The van der Waals surface area contributed by atoms with E-state index in [1.54, 1.807) is 24.3 Å². The van der Waals surface area contributed by atoms with E-state index in [9.17, 15) is 4.79 Å². The van der Waals surface area contributed by atoms with Crippen LogP contribution in [0.5, 0.6) is 0 Å². The minimum Gasteiger partial charge on any atom is -0.376 e. The van der Waals surface area contributed by atoms with E-state index in [2.05, 4.69) is 10.6 Å². The van der Waals surface area contributed by atoms with Crippen LogP contribution in [-0.4, -0.2) is 30.3 Å². The van der Waals surface area contributed by atoms with E-state index in [-0.39, 0.29) is 12.0 Å². The van der Waals surface area contributed by atoms with Crippen molar-refractivity contribution in [2.75, 3.05) is 13.2 Å². The first-order valence-electron chi connectivity index (χ1n) is 6.12. The zero-order valence-corrected chi connectivity index (χ0v) is 11.9. The van der Waals surface area contributed by atoms with E-state index in [4.69, 9.17) is 28.6 Å². The van der Waals surface area contributed by atoms with Gasteiger partial charge in [0.25, 0.3) is 5.91 Å². The summed E-state index contributed by atoms with van der Waals surface area (Å²) >= 11 is 11.0. The Labute approximate surface area is 122 Å². The lowest BCUT2D eigenvalue weighted by atomic mass is 10.2. The molecular weight excluding hydrogens is 284 g/mol. The topological polar surface area (TPSA) is 50.4 Å². The number of benzene rings is 1. The molecule has 0 bridgehead atoms. The molecule has 1 unspecified atom stereocenters. The number of rotatable bonds is 3. The van der Waals surface area contributed by atoms with Crippen LogP contribution in [0.1, 0.15) is 23.2 Å². The maximum atomic E-state index is 11.9. The second kappa shape index (κ2) is 6.84. The van der Waals surface area contributed by atoms with E-state index in [0.717, 1.165) is 19.4 Å². The lowest BCUT2D eigenvalue weighted by molar-refractivity contribution is 0.0973. The minimum atomic E-state index is -0.310. The zero-order chi connectivity index (χ0) is 13.7. The molecule has 2 rings (SSSR count). The summed E-state index contributed by atoms with van der Waals surface area (Å²) in [5, 5.41) is 6.28. The molecule has 0 aliphatic carbocycles. The van der Waals surface area contributed by atoms with Gasteiger partial charge in [0, 0.05) is 13.2 Å². The molecule has 0 aromatic heterocycles. The summed E-state index contributed by atoms with van der Waals surface area (Å²) in [7, 11) is 0. The third kappa shape index (κ3) is 4.16. The number of nitrogens with one attached hydrogen (secondary N) is 2. The average Bonchev–Trinajstić information content (AvgIpc) is 2.90. The Bertz CT molecular complexity index is 475. The van der Waals surface area contributed by atoms with Crippen molar-refractivity contribution in [3.63, 3.8) is 0 Å². The minimum absolute atomic E-state index is 0.176. The summed E-state index contributed by atoms with van der Waals surface area (Å²) in [5.74, 6) is -0.310. The van der Waals surface area contributed by atoms with E-state index in [1.165, 1.54) is 0 Å². The fourth-order valence-corrected chi connectivity index (χ4v) is 2.27. The highest BCUT2D eigenvalue weighted by Gasteiger charge is 2.16. The Morgan fingerprint density at radius 1 is 1.47 bits per heavy atom. The van der Waals surface area contributed by atoms with Gasteiger partial charge in [-0.1, -0.05) is 23.7 Å². The van der Waals surface area contributed by atoms with Crippen LogP contribution in [0.2, 0.25) is 5.02 Å². The second-order valence-electron chi connectivity index (χ2n) is 4.28.